The van der Waals surface area contributed by atoms with Crippen LogP contribution in [-0.2, 0) is 14.8 Å². The van der Waals surface area contributed by atoms with E-state index in [9.17, 15) is 8.42 Å². The predicted octanol–water partition coefficient (Wildman–Crippen LogP) is 3.95. The highest BCUT2D eigenvalue weighted by molar-refractivity contribution is 7.89. The molecule has 1 aliphatic heterocycles. The predicted molar refractivity (Wildman–Crippen MR) is 124 cm³/mol. The lowest BCUT2D eigenvalue weighted by Gasteiger charge is -2.21. The van der Waals surface area contributed by atoms with Crippen LogP contribution in [0.3, 0.4) is 0 Å². The van der Waals surface area contributed by atoms with Gasteiger partial charge in [-0.25, -0.2) is 18.1 Å². The third kappa shape index (κ3) is 5.02. The molecule has 5 rings (SSSR count). The smallest absolute Gasteiger partial charge is 0.240 e. The van der Waals surface area contributed by atoms with Gasteiger partial charge in [0.1, 0.15) is 17.3 Å². The van der Waals surface area contributed by atoms with Gasteiger partial charge in [-0.2, -0.15) is 5.10 Å². The Balaban J connectivity index is 1.37. The molecule has 9 nitrogen and oxygen atoms in total. The maximum absolute atomic E-state index is 12.1. The molecule has 10 heteroatoms. The van der Waals surface area contributed by atoms with E-state index >= 15 is 0 Å². The summed E-state index contributed by atoms with van der Waals surface area (Å²) in [6.07, 6.45) is 7.84. The van der Waals surface area contributed by atoms with Gasteiger partial charge >= 0.3 is 0 Å². The van der Waals surface area contributed by atoms with Crippen molar-refractivity contribution in [2.75, 3.05) is 25.6 Å². The van der Waals surface area contributed by atoms with Crippen molar-refractivity contribution in [3.8, 4) is 11.5 Å². The van der Waals surface area contributed by atoms with E-state index in [2.05, 4.69) is 15.0 Å². The minimum atomic E-state index is -3.53. The quantitative estimate of drug-likeness (QED) is 0.514. The SMILES string of the molecule is CNS(=O)(=O)c1cccc(Nc2cc(Oc3cn(C4CC4)nc3C3CCOCC3)ccn2)c1. The molecule has 2 N–H and O–H groups in total. The minimum Gasteiger partial charge on any atom is -0.454 e. The molecular formula is C23H27N5O4S. The van der Waals surface area contributed by atoms with E-state index in [1.165, 1.54) is 7.05 Å². The first kappa shape index (κ1) is 21.9. The van der Waals surface area contributed by atoms with Crippen molar-refractivity contribution in [1.29, 1.82) is 0 Å². The van der Waals surface area contributed by atoms with Crippen molar-refractivity contribution < 1.29 is 17.9 Å². The fourth-order valence-corrected chi connectivity index (χ4v) is 4.70. The number of nitrogens with one attached hydrogen (secondary N) is 2. The summed E-state index contributed by atoms with van der Waals surface area (Å²) in [4.78, 5) is 4.53. The van der Waals surface area contributed by atoms with Gasteiger partial charge in [-0.1, -0.05) is 6.07 Å². The Kier molecular flexibility index (Phi) is 6.05. The van der Waals surface area contributed by atoms with Crippen LogP contribution in [0.25, 0.3) is 0 Å². The topological polar surface area (TPSA) is 107 Å². The molecule has 1 aromatic carbocycles. The first-order chi connectivity index (χ1) is 16.0. The standard InChI is InChI=1S/C23H27N5O4S/c1-24-33(29,30)20-4-2-3-17(13-20)26-22-14-19(7-10-25-22)32-21-15-28(18-5-6-18)27-23(21)16-8-11-31-12-9-16/h2-4,7,10,13-16,18,24H,5-6,8-9,11-12H2,1H3,(H,25,26). The van der Waals surface area contributed by atoms with E-state index in [4.69, 9.17) is 14.6 Å². The van der Waals surface area contributed by atoms with Crippen molar-refractivity contribution in [3.05, 3.63) is 54.5 Å². The number of hydrogen-bond donors (Lipinski definition) is 2. The minimum absolute atomic E-state index is 0.177. The summed E-state index contributed by atoms with van der Waals surface area (Å²) >= 11 is 0. The Morgan fingerprint density at radius 1 is 1.12 bits per heavy atom. The van der Waals surface area contributed by atoms with Crippen LogP contribution in [0.5, 0.6) is 11.5 Å². The number of benzene rings is 1. The van der Waals surface area contributed by atoms with Crippen molar-refractivity contribution in [3.63, 3.8) is 0 Å². The highest BCUT2D eigenvalue weighted by atomic mass is 32.2. The van der Waals surface area contributed by atoms with Crippen LogP contribution in [0.15, 0.2) is 53.7 Å². The molecule has 0 unspecified atom stereocenters. The molecule has 2 aliphatic rings. The molecule has 0 bridgehead atoms. The Morgan fingerprint density at radius 3 is 2.70 bits per heavy atom. The van der Waals surface area contributed by atoms with Crippen molar-refractivity contribution in [2.24, 2.45) is 0 Å². The van der Waals surface area contributed by atoms with Gasteiger partial charge in [0, 0.05) is 37.1 Å². The third-order valence-corrected chi connectivity index (χ3v) is 7.31. The molecule has 1 aliphatic carbocycles. The Morgan fingerprint density at radius 2 is 1.94 bits per heavy atom. The Hall–Kier alpha value is -2.95. The van der Waals surface area contributed by atoms with Gasteiger partial charge in [-0.3, -0.25) is 4.68 Å². The second kappa shape index (κ2) is 9.12. The first-order valence-electron chi connectivity index (χ1n) is 11.1. The summed E-state index contributed by atoms with van der Waals surface area (Å²) < 4.78 is 40.3. The fraction of sp³-hybridized carbons (Fsp3) is 0.391. The number of pyridine rings is 1. The van der Waals surface area contributed by atoms with Gasteiger partial charge in [0.15, 0.2) is 5.75 Å². The first-order valence-corrected chi connectivity index (χ1v) is 12.6. The van der Waals surface area contributed by atoms with E-state index in [0.717, 1.165) is 50.3 Å². The molecule has 0 radical (unpaired) electrons. The molecule has 0 spiro atoms. The number of nitrogens with zero attached hydrogens (tertiary/aromatic N) is 3. The lowest BCUT2D eigenvalue weighted by atomic mass is 9.96. The van der Waals surface area contributed by atoms with E-state index in [1.54, 1.807) is 42.6 Å². The van der Waals surface area contributed by atoms with Crippen LogP contribution in [0, 0.1) is 0 Å². The van der Waals surface area contributed by atoms with Gasteiger partial charge in [-0.15, -0.1) is 0 Å². The fourth-order valence-electron chi connectivity index (χ4n) is 3.92. The Bertz CT molecular complexity index is 1230. The summed E-state index contributed by atoms with van der Waals surface area (Å²) in [5.74, 6) is 2.28. The molecule has 174 valence electrons. The van der Waals surface area contributed by atoms with Gasteiger partial charge in [0.2, 0.25) is 10.0 Å². The van der Waals surface area contributed by atoms with Gasteiger partial charge in [0.05, 0.1) is 17.1 Å². The molecule has 2 fully saturated rings. The maximum atomic E-state index is 12.1. The van der Waals surface area contributed by atoms with Crippen molar-refractivity contribution in [1.82, 2.24) is 19.5 Å². The van der Waals surface area contributed by atoms with E-state index in [0.29, 0.717) is 29.2 Å². The zero-order valence-electron chi connectivity index (χ0n) is 18.4. The lowest BCUT2D eigenvalue weighted by molar-refractivity contribution is 0.0839. The van der Waals surface area contributed by atoms with Gasteiger partial charge < -0.3 is 14.8 Å². The molecule has 3 heterocycles. The van der Waals surface area contributed by atoms with E-state index < -0.39 is 10.0 Å². The van der Waals surface area contributed by atoms with E-state index in [-0.39, 0.29) is 4.90 Å². The lowest BCUT2D eigenvalue weighted by Crippen LogP contribution is -2.18. The maximum Gasteiger partial charge on any atom is 0.240 e. The third-order valence-electron chi connectivity index (χ3n) is 5.90. The number of ether oxygens (including phenoxy) is 2. The number of hydrogen-bond acceptors (Lipinski definition) is 7. The van der Waals surface area contributed by atoms with Crippen LogP contribution < -0.4 is 14.8 Å². The number of rotatable bonds is 8. The van der Waals surface area contributed by atoms with E-state index in [1.807, 2.05) is 10.9 Å². The molecule has 0 amide bonds. The van der Waals surface area contributed by atoms with Crippen LogP contribution in [0.2, 0.25) is 0 Å². The average molecular weight is 470 g/mol. The van der Waals surface area contributed by atoms with Gasteiger partial charge in [-0.05, 0) is 57.0 Å². The highest BCUT2D eigenvalue weighted by Crippen LogP contribution is 2.40. The number of sulfonamides is 1. The number of anilines is 2. The second-order valence-electron chi connectivity index (χ2n) is 8.32. The zero-order chi connectivity index (χ0) is 22.8. The molecular weight excluding hydrogens is 442 g/mol. The average Bonchev–Trinajstić information content (AvgIpc) is 3.60. The summed E-state index contributed by atoms with van der Waals surface area (Å²) in [5, 5.41) is 8.02. The molecule has 0 atom stereocenters. The van der Waals surface area contributed by atoms with Crippen molar-refractivity contribution >= 4 is 21.5 Å². The highest BCUT2D eigenvalue weighted by Gasteiger charge is 2.29. The molecule has 1 saturated heterocycles. The summed E-state index contributed by atoms with van der Waals surface area (Å²) in [5.41, 5.74) is 1.60. The summed E-state index contributed by atoms with van der Waals surface area (Å²) in [6.45, 7) is 1.48. The summed E-state index contributed by atoms with van der Waals surface area (Å²) in [7, 11) is -2.14. The Labute approximate surface area is 193 Å². The monoisotopic (exact) mass is 469 g/mol. The van der Waals surface area contributed by atoms with Crippen LogP contribution >= 0.6 is 0 Å². The van der Waals surface area contributed by atoms with Crippen LogP contribution in [0.4, 0.5) is 11.5 Å². The second-order valence-corrected chi connectivity index (χ2v) is 10.2. The zero-order valence-corrected chi connectivity index (χ0v) is 19.2. The van der Waals surface area contributed by atoms with Gasteiger partial charge in [0.25, 0.3) is 0 Å². The normalized spacial score (nSPS) is 17.1. The largest absolute Gasteiger partial charge is 0.454 e. The molecule has 1 saturated carbocycles. The number of aromatic nitrogens is 3. The van der Waals surface area contributed by atoms with Crippen LogP contribution in [0.1, 0.15) is 43.3 Å². The molecule has 3 aromatic rings. The molecule has 2 aromatic heterocycles. The summed E-state index contributed by atoms with van der Waals surface area (Å²) in [6, 6.07) is 10.6. The molecule has 33 heavy (non-hydrogen) atoms. The van der Waals surface area contributed by atoms with Crippen LogP contribution in [-0.4, -0.2) is 43.4 Å². The van der Waals surface area contributed by atoms with Crippen molar-refractivity contribution in [2.45, 2.75) is 42.5 Å².